The highest BCUT2D eigenvalue weighted by Gasteiger charge is 2.19. The maximum absolute atomic E-state index is 9.47. The molecule has 11 heteroatoms. The lowest BCUT2D eigenvalue weighted by Crippen LogP contribution is -2.47. The number of nitrogens with zero attached hydrogens (tertiary/aromatic N) is 6. The van der Waals surface area contributed by atoms with Gasteiger partial charge in [0.1, 0.15) is 11.6 Å². The third-order valence-corrected chi connectivity index (χ3v) is 5.74. The van der Waals surface area contributed by atoms with Crippen molar-refractivity contribution in [2.24, 2.45) is 0 Å². The Kier molecular flexibility index (Phi) is 5.53. The van der Waals surface area contributed by atoms with Gasteiger partial charge in [0.15, 0.2) is 11.4 Å². The summed E-state index contributed by atoms with van der Waals surface area (Å²) in [4.78, 5) is 13.6. The van der Waals surface area contributed by atoms with E-state index in [1.165, 1.54) is 10.7 Å². The number of benzene rings is 1. The highest BCUT2D eigenvalue weighted by molar-refractivity contribution is 5.93. The van der Waals surface area contributed by atoms with Crippen LogP contribution in [0.5, 0.6) is 5.75 Å². The Bertz CT molecular complexity index is 1240. The minimum atomic E-state index is 0.186. The number of phenols is 1. The van der Waals surface area contributed by atoms with Crippen molar-refractivity contribution < 1.29 is 9.52 Å². The first kappa shape index (κ1) is 20.8. The highest BCUT2D eigenvalue weighted by Crippen LogP contribution is 2.23. The molecule has 4 aromatic rings. The number of hydrogen-bond acceptors (Lipinski definition) is 10. The predicted octanol–water partition coefficient (Wildman–Crippen LogP) is 1.90. The molecule has 0 spiro atoms. The van der Waals surface area contributed by atoms with E-state index in [0.29, 0.717) is 35.2 Å². The number of piperazine rings is 1. The van der Waals surface area contributed by atoms with E-state index in [-0.39, 0.29) is 11.7 Å². The first-order valence-corrected chi connectivity index (χ1v) is 10.7. The Morgan fingerprint density at radius 3 is 2.61 bits per heavy atom. The third-order valence-electron chi connectivity index (χ3n) is 5.74. The molecule has 0 aliphatic carbocycles. The van der Waals surface area contributed by atoms with Crippen molar-refractivity contribution >= 4 is 29.3 Å². The summed E-state index contributed by atoms with van der Waals surface area (Å²) >= 11 is 0. The van der Waals surface area contributed by atoms with Crippen LogP contribution in [-0.2, 0) is 0 Å². The average molecular weight is 448 g/mol. The minimum absolute atomic E-state index is 0.186. The zero-order valence-electron chi connectivity index (χ0n) is 18.0. The molecule has 5 rings (SSSR count). The number of fused-ring (bicyclic) bond motifs is 1. The number of aromatic nitrogens is 4. The van der Waals surface area contributed by atoms with Crippen molar-refractivity contribution in [3.05, 3.63) is 48.2 Å². The van der Waals surface area contributed by atoms with Gasteiger partial charge in [-0.25, -0.2) is 4.98 Å². The quantitative estimate of drug-likeness (QED) is 0.312. The predicted molar refractivity (Wildman–Crippen MR) is 126 cm³/mol. The lowest BCUT2D eigenvalue weighted by atomic mass is 10.2. The summed E-state index contributed by atoms with van der Waals surface area (Å²) < 4.78 is 6.80. The van der Waals surface area contributed by atoms with Crippen LogP contribution in [0.4, 0.5) is 17.5 Å². The highest BCUT2D eigenvalue weighted by atomic mass is 16.3. The summed E-state index contributed by atoms with van der Waals surface area (Å²) in [6.07, 6.45) is 2.76. The van der Waals surface area contributed by atoms with E-state index in [9.17, 15) is 5.11 Å². The molecule has 1 aliphatic rings. The van der Waals surface area contributed by atoms with Crippen LogP contribution in [0.3, 0.4) is 0 Å². The molecule has 1 aromatic carbocycles. The molecule has 170 valence electrons. The van der Waals surface area contributed by atoms with Crippen molar-refractivity contribution in [2.75, 3.05) is 55.2 Å². The smallest absolute Gasteiger partial charge is 0.225 e. The Labute approximate surface area is 190 Å². The van der Waals surface area contributed by atoms with Gasteiger partial charge in [-0.3, -0.25) is 4.90 Å². The second kappa shape index (κ2) is 8.79. The molecule has 0 atom stereocenters. The zero-order chi connectivity index (χ0) is 22.8. The van der Waals surface area contributed by atoms with Gasteiger partial charge in [-0.05, 0) is 36.4 Å². The molecule has 5 N–H and O–H groups in total. The van der Waals surface area contributed by atoms with Crippen LogP contribution >= 0.6 is 0 Å². The zero-order valence-corrected chi connectivity index (χ0v) is 18.0. The number of furan rings is 1. The summed E-state index contributed by atoms with van der Waals surface area (Å²) in [5, 5.41) is 25.0. The van der Waals surface area contributed by atoms with Crippen LogP contribution in [0.1, 0.15) is 5.56 Å². The Morgan fingerprint density at radius 2 is 1.91 bits per heavy atom. The topological polar surface area (TPSA) is 145 Å². The molecule has 33 heavy (non-hydrogen) atoms. The summed E-state index contributed by atoms with van der Waals surface area (Å²) in [5.74, 6) is 1.89. The van der Waals surface area contributed by atoms with E-state index >= 15 is 0 Å². The standard InChI is InChI=1S/C22H25N9O2/c23-14-17-19(27-22(24)31-21(17)26-20(28-31)18-2-1-13-33-18)25-7-8-29-9-11-30(12-10-29)15-3-5-16(32)6-4-15/h1-6,13-14,23,25,32H,7-12H2,(H2,24,27). The van der Waals surface area contributed by atoms with Crippen molar-refractivity contribution in [1.29, 1.82) is 5.41 Å². The largest absolute Gasteiger partial charge is 0.508 e. The molecule has 0 bridgehead atoms. The SMILES string of the molecule is N=Cc1c(NCCN2CCN(c3ccc(O)cc3)CC2)nc(N)n2nc(-c3ccco3)nc12. The first-order chi connectivity index (χ1) is 16.1. The Morgan fingerprint density at radius 1 is 1.12 bits per heavy atom. The molecule has 3 aromatic heterocycles. The van der Waals surface area contributed by atoms with Crippen LogP contribution in [0.25, 0.3) is 17.2 Å². The van der Waals surface area contributed by atoms with Gasteiger partial charge in [-0.1, -0.05) is 0 Å². The van der Waals surface area contributed by atoms with Crippen molar-refractivity contribution in [3.8, 4) is 17.3 Å². The molecular weight excluding hydrogens is 422 g/mol. The average Bonchev–Trinajstić information content (AvgIpc) is 3.51. The molecule has 1 fully saturated rings. The molecule has 1 saturated heterocycles. The van der Waals surface area contributed by atoms with Crippen LogP contribution in [-0.4, -0.2) is 75.1 Å². The monoisotopic (exact) mass is 447 g/mol. The van der Waals surface area contributed by atoms with Gasteiger partial charge in [0.2, 0.25) is 11.8 Å². The fourth-order valence-corrected chi connectivity index (χ4v) is 3.98. The van der Waals surface area contributed by atoms with E-state index < -0.39 is 0 Å². The van der Waals surface area contributed by atoms with E-state index in [1.54, 1.807) is 30.5 Å². The molecule has 4 heterocycles. The number of anilines is 3. The molecule has 0 saturated carbocycles. The van der Waals surface area contributed by atoms with Gasteiger partial charge in [0, 0.05) is 51.2 Å². The van der Waals surface area contributed by atoms with E-state index in [2.05, 4.69) is 30.2 Å². The van der Waals surface area contributed by atoms with E-state index in [4.69, 9.17) is 15.6 Å². The van der Waals surface area contributed by atoms with Gasteiger partial charge in [0.05, 0.1) is 11.8 Å². The van der Waals surface area contributed by atoms with Crippen LogP contribution < -0.4 is 16.0 Å². The number of nitrogens with two attached hydrogens (primary N) is 1. The first-order valence-electron chi connectivity index (χ1n) is 10.7. The van der Waals surface area contributed by atoms with Gasteiger partial charge < -0.3 is 30.9 Å². The fourth-order valence-electron chi connectivity index (χ4n) is 3.98. The molecule has 0 radical (unpaired) electrons. The summed E-state index contributed by atoms with van der Waals surface area (Å²) in [6, 6.07) is 10.9. The van der Waals surface area contributed by atoms with Crippen LogP contribution in [0, 0.1) is 5.41 Å². The molecule has 1 aliphatic heterocycles. The summed E-state index contributed by atoms with van der Waals surface area (Å²) in [5.41, 5.74) is 8.21. The molecule has 0 amide bonds. The Hall–Kier alpha value is -4.12. The fraction of sp³-hybridized carbons (Fsp3) is 0.273. The number of nitrogen functional groups attached to an aromatic ring is 1. The van der Waals surface area contributed by atoms with E-state index in [0.717, 1.165) is 38.4 Å². The molecular formula is C22H25N9O2. The summed E-state index contributed by atoms with van der Waals surface area (Å²) in [7, 11) is 0. The lowest BCUT2D eigenvalue weighted by molar-refractivity contribution is 0.267. The number of rotatable bonds is 7. The van der Waals surface area contributed by atoms with Gasteiger partial charge >= 0.3 is 0 Å². The van der Waals surface area contributed by atoms with Crippen molar-refractivity contribution in [1.82, 2.24) is 24.5 Å². The van der Waals surface area contributed by atoms with Crippen LogP contribution in [0.15, 0.2) is 47.1 Å². The Balaban J connectivity index is 1.23. The molecule has 0 unspecified atom stereocenters. The number of aromatic hydroxyl groups is 1. The summed E-state index contributed by atoms with van der Waals surface area (Å²) in [6.45, 7) is 5.20. The maximum Gasteiger partial charge on any atom is 0.225 e. The number of nitrogens with one attached hydrogen (secondary N) is 2. The van der Waals surface area contributed by atoms with Crippen LogP contribution in [0.2, 0.25) is 0 Å². The minimum Gasteiger partial charge on any atom is -0.508 e. The van der Waals surface area contributed by atoms with Gasteiger partial charge in [-0.2, -0.15) is 9.50 Å². The third kappa shape index (κ3) is 4.17. The van der Waals surface area contributed by atoms with Gasteiger partial charge in [-0.15, -0.1) is 5.10 Å². The van der Waals surface area contributed by atoms with Crippen molar-refractivity contribution in [3.63, 3.8) is 0 Å². The second-order valence-corrected chi connectivity index (χ2v) is 7.80. The lowest BCUT2D eigenvalue weighted by Gasteiger charge is -2.36. The second-order valence-electron chi connectivity index (χ2n) is 7.80. The normalized spacial score (nSPS) is 14.6. The molecule has 11 nitrogen and oxygen atoms in total. The van der Waals surface area contributed by atoms with Gasteiger partial charge in [0.25, 0.3) is 0 Å². The number of hydrogen-bond donors (Lipinski definition) is 4. The van der Waals surface area contributed by atoms with E-state index in [1.807, 2.05) is 12.1 Å². The number of phenolic OH excluding ortho intramolecular Hbond substituents is 1. The maximum atomic E-state index is 9.47. The van der Waals surface area contributed by atoms with Crippen molar-refractivity contribution in [2.45, 2.75) is 0 Å².